The Morgan fingerprint density at radius 1 is 1.08 bits per heavy atom. The number of ether oxygens (including phenoxy) is 2. The van der Waals surface area contributed by atoms with Crippen molar-refractivity contribution in [3.8, 4) is 5.75 Å². The predicted molar refractivity (Wildman–Crippen MR) is 142 cm³/mol. The van der Waals surface area contributed by atoms with Crippen LogP contribution in [-0.2, 0) is 29.6 Å². The number of hydrogen-bond acceptors (Lipinski definition) is 7. The summed E-state index contributed by atoms with van der Waals surface area (Å²) in [6.45, 7) is 7.09. The Morgan fingerprint density at radius 3 is 2.32 bits per heavy atom. The van der Waals surface area contributed by atoms with E-state index in [4.69, 9.17) is 9.47 Å². The number of nitrogens with one attached hydrogen (secondary N) is 1. The van der Waals surface area contributed by atoms with Crippen molar-refractivity contribution >= 4 is 31.6 Å². The number of carbonyl (C=O) groups is 1. The molecule has 1 heterocycles. The fourth-order valence-electron chi connectivity index (χ4n) is 4.10. The van der Waals surface area contributed by atoms with Gasteiger partial charge in [-0.2, -0.15) is 4.31 Å². The molecule has 1 N–H and O–H groups in total. The molecule has 204 valence electrons. The lowest BCUT2D eigenvalue weighted by Crippen LogP contribution is -2.50. The molecule has 0 aliphatic carbocycles. The van der Waals surface area contributed by atoms with Gasteiger partial charge in [-0.3, -0.25) is 9.10 Å². The van der Waals surface area contributed by atoms with Crippen molar-refractivity contribution in [2.24, 2.45) is 0 Å². The molecule has 10 nitrogen and oxygen atoms in total. The second kappa shape index (κ2) is 12.2. The molecule has 0 aromatic heterocycles. The van der Waals surface area contributed by atoms with Gasteiger partial charge in [-0.1, -0.05) is 19.1 Å². The third-order valence-electron chi connectivity index (χ3n) is 6.03. The molecule has 2 aromatic carbocycles. The Labute approximate surface area is 219 Å². The molecule has 1 aliphatic heterocycles. The largest absolute Gasteiger partial charge is 0.492 e. The van der Waals surface area contributed by atoms with Crippen LogP contribution in [0.15, 0.2) is 47.4 Å². The van der Waals surface area contributed by atoms with Gasteiger partial charge < -0.3 is 14.8 Å². The second-order valence-electron chi connectivity index (χ2n) is 8.90. The summed E-state index contributed by atoms with van der Waals surface area (Å²) in [7, 11) is -7.32. The lowest BCUT2D eigenvalue weighted by Gasteiger charge is -2.31. The van der Waals surface area contributed by atoms with Gasteiger partial charge in [0.25, 0.3) is 0 Å². The summed E-state index contributed by atoms with van der Waals surface area (Å²) < 4.78 is 64.3. The molecule has 3 rings (SSSR count). The quantitative estimate of drug-likeness (QED) is 0.423. The molecule has 1 unspecified atom stereocenters. The number of nitrogens with zero attached hydrogens (tertiary/aromatic N) is 2. The predicted octanol–water partition coefficient (Wildman–Crippen LogP) is 2.06. The fraction of sp³-hybridized carbons (Fsp3) is 0.480. The second-order valence-corrected chi connectivity index (χ2v) is 12.7. The van der Waals surface area contributed by atoms with Gasteiger partial charge in [0, 0.05) is 13.1 Å². The molecule has 0 bridgehead atoms. The molecule has 1 atom stereocenters. The van der Waals surface area contributed by atoms with Crippen LogP contribution in [-0.4, -0.2) is 78.8 Å². The summed E-state index contributed by atoms with van der Waals surface area (Å²) in [5.74, 6) is 0.0275. The molecule has 37 heavy (non-hydrogen) atoms. The van der Waals surface area contributed by atoms with Gasteiger partial charge in [0.15, 0.2) is 0 Å². The maximum Gasteiger partial charge on any atom is 0.244 e. The Morgan fingerprint density at radius 2 is 1.73 bits per heavy atom. The number of aryl methyl sites for hydroxylation is 2. The van der Waals surface area contributed by atoms with Crippen LogP contribution in [0.25, 0.3) is 0 Å². The number of sulfonamides is 2. The topological polar surface area (TPSA) is 122 Å². The highest BCUT2D eigenvalue weighted by atomic mass is 32.2. The van der Waals surface area contributed by atoms with Gasteiger partial charge >= 0.3 is 0 Å². The minimum Gasteiger partial charge on any atom is -0.492 e. The van der Waals surface area contributed by atoms with Crippen molar-refractivity contribution in [3.05, 3.63) is 53.6 Å². The van der Waals surface area contributed by atoms with Gasteiger partial charge in [-0.25, -0.2) is 16.8 Å². The van der Waals surface area contributed by atoms with Crippen LogP contribution in [0.1, 0.15) is 24.5 Å². The van der Waals surface area contributed by atoms with Gasteiger partial charge in [0.2, 0.25) is 26.0 Å². The van der Waals surface area contributed by atoms with E-state index in [1.165, 1.54) is 20.7 Å². The van der Waals surface area contributed by atoms with Crippen LogP contribution < -0.4 is 14.4 Å². The Bertz CT molecular complexity index is 1290. The van der Waals surface area contributed by atoms with Crippen LogP contribution in [0.2, 0.25) is 0 Å². The maximum absolute atomic E-state index is 13.0. The lowest BCUT2D eigenvalue weighted by atomic mass is 10.1. The average molecular weight is 554 g/mol. The third-order valence-corrected chi connectivity index (χ3v) is 9.11. The highest BCUT2D eigenvalue weighted by Gasteiger charge is 2.32. The number of anilines is 1. The van der Waals surface area contributed by atoms with Crippen molar-refractivity contribution in [1.82, 2.24) is 9.62 Å². The van der Waals surface area contributed by atoms with E-state index in [9.17, 15) is 21.6 Å². The van der Waals surface area contributed by atoms with E-state index in [-0.39, 0.29) is 24.5 Å². The zero-order valence-corrected chi connectivity index (χ0v) is 23.3. The summed E-state index contributed by atoms with van der Waals surface area (Å²) in [6.07, 6.45) is 1.38. The standard InChI is InChI=1S/C25H35N3O7S2/c1-5-23(28(36(4,30)31)24-18-19(2)6-7-20(24)3)25(29)26-12-15-35-21-8-10-22(11-9-21)37(32,33)27-13-16-34-17-14-27/h6-11,18,23H,5,12-17H2,1-4H3,(H,26,29). The lowest BCUT2D eigenvalue weighted by molar-refractivity contribution is -0.122. The molecule has 12 heteroatoms. The van der Waals surface area contributed by atoms with Crippen LogP contribution in [0.5, 0.6) is 5.75 Å². The highest BCUT2D eigenvalue weighted by Crippen LogP contribution is 2.27. The first-order valence-corrected chi connectivity index (χ1v) is 15.4. The minimum absolute atomic E-state index is 0.125. The number of benzene rings is 2. The van der Waals surface area contributed by atoms with Crippen molar-refractivity contribution in [3.63, 3.8) is 0 Å². The minimum atomic E-state index is -3.73. The van der Waals surface area contributed by atoms with E-state index >= 15 is 0 Å². The van der Waals surface area contributed by atoms with E-state index in [0.29, 0.717) is 37.7 Å². The summed E-state index contributed by atoms with van der Waals surface area (Å²) >= 11 is 0. The van der Waals surface area contributed by atoms with Gasteiger partial charge in [0.05, 0.1) is 36.6 Å². The van der Waals surface area contributed by atoms with Crippen molar-refractivity contribution in [2.45, 2.75) is 38.1 Å². The number of morpholine rings is 1. The Hall–Kier alpha value is -2.67. The first kappa shape index (κ1) is 28.9. The molecule has 1 fully saturated rings. The van der Waals surface area contributed by atoms with Crippen molar-refractivity contribution in [1.29, 1.82) is 0 Å². The molecule has 0 radical (unpaired) electrons. The normalized spacial score (nSPS) is 15.7. The van der Waals surface area contributed by atoms with E-state index < -0.39 is 32.0 Å². The molecular formula is C25H35N3O7S2. The SMILES string of the molecule is CCC(C(=O)NCCOc1ccc(S(=O)(=O)N2CCOCC2)cc1)N(c1cc(C)ccc1C)S(C)(=O)=O. The highest BCUT2D eigenvalue weighted by molar-refractivity contribution is 7.92. The van der Waals surface area contributed by atoms with Crippen molar-refractivity contribution in [2.75, 3.05) is 50.0 Å². The maximum atomic E-state index is 13.0. The molecule has 1 saturated heterocycles. The number of rotatable bonds is 11. The Kier molecular flexibility index (Phi) is 9.57. The van der Waals surface area contributed by atoms with Crippen LogP contribution in [0, 0.1) is 13.8 Å². The van der Waals surface area contributed by atoms with E-state index in [2.05, 4.69) is 5.32 Å². The fourth-order valence-corrected chi connectivity index (χ4v) is 6.77. The molecular weight excluding hydrogens is 518 g/mol. The zero-order valence-electron chi connectivity index (χ0n) is 21.6. The van der Waals surface area contributed by atoms with Gasteiger partial charge in [-0.05, 0) is 61.7 Å². The molecule has 2 aromatic rings. The van der Waals surface area contributed by atoms with Gasteiger partial charge in [0.1, 0.15) is 18.4 Å². The molecule has 1 amide bonds. The van der Waals surface area contributed by atoms with E-state index in [0.717, 1.165) is 17.4 Å². The van der Waals surface area contributed by atoms with Crippen molar-refractivity contribution < 1.29 is 31.1 Å². The Balaban J connectivity index is 1.60. The first-order valence-electron chi connectivity index (χ1n) is 12.1. The summed E-state index contributed by atoms with van der Waals surface area (Å²) in [6, 6.07) is 10.7. The number of carbonyl (C=O) groups excluding carboxylic acids is 1. The first-order chi connectivity index (χ1) is 17.4. The third kappa shape index (κ3) is 7.22. The van der Waals surface area contributed by atoms with E-state index in [1.807, 2.05) is 26.0 Å². The molecule has 0 saturated carbocycles. The zero-order chi connectivity index (χ0) is 27.2. The summed E-state index contributed by atoms with van der Waals surface area (Å²) in [5.41, 5.74) is 2.12. The molecule has 0 spiro atoms. The van der Waals surface area contributed by atoms with Crippen LogP contribution >= 0.6 is 0 Å². The average Bonchev–Trinajstić information content (AvgIpc) is 2.86. The van der Waals surface area contributed by atoms with Crippen LogP contribution in [0.3, 0.4) is 0 Å². The number of amides is 1. The van der Waals surface area contributed by atoms with Crippen LogP contribution in [0.4, 0.5) is 5.69 Å². The van der Waals surface area contributed by atoms with Gasteiger partial charge in [-0.15, -0.1) is 0 Å². The van der Waals surface area contributed by atoms with E-state index in [1.54, 1.807) is 25.1 Å². The smallest absolute Gasteiger partial charge is 0.244 e. The molecule has 1 aliphatic rings. The monoisotopic (exact) mass is 553 g/mol. The summed E-state index contributed by atoms with van der Waals surface area (Å²) in [5, 5.41) is 2.75. The number of hydrogen-bond donors (Lipinski definition) is 1. The summed E-state index contributed by atoms with van der Waals surface area (Å²) in [4.78, 5) is 13.2.